The Balaban J connectivity index is 1.40. The molecule has 5 aliphatic rings. The van der Waals surface area contributed by atoms with Gasteiger partial charge in [-0.25, -0.2) is 0 Å². The van der Waals surface area contributed by atoms with Crippen molar-refractivity contribution in [3.8, 4) is 0 Å². The van der Waals surface area contributed by atoms with Crippen molar-refractivity contribution in [1.29, 1.82) is 0 Å². The summed E-state index contributed by atoms with van der Waals surface area (Å²) in [6.07, 6.45) is -42.1. The fourth-order valence-corrected chi connectivity index (χ4v) is 7.74. The van der Waals surface area contributed by atoms with Crippen LogP contribution in [0.4, 0.5) is 0 Å². The minimum absolute atomic E-state index is 0.689. The lowest BCUT2D eigenvalue weighted by Crippen LogP contribution is -2.70. The van der Waals surface area contributed by atoms with Gasteiger partial charge in [0.1, 0.15) is 122 Å². The molecule has 25 atom stereocenters. The summed E-state index contributed by atoms with van der Waals surface area (Å²) in [6.45, 7) is -2.29. The highest BCUT2D eigenvalue weighted by molar-refractivity contribution is 5.73. The van der Waals surface area contributed by atoms with E-state index in [2.05, 4.69) is 10.6 Å². The molecular weight excluding hydrogens is 852 g/mol. The van der Waals surface area contributed by atoms with E-state index >= 15 is 0 Å². The fourth-order valence-electron chi connectivity index (χ4n) is 7.74. The Labute approximate surface area is 351 Å². The average molecular weight is 911 g/mol. The van der Waals surface area contributed by atoms with Gasteiger partial charge in [-0.2, -0.15) is 0 Å². The summed E-state index contributed by atoms with van der Waals surface area (Å²) < 4.78 is 50.9. The molecule has 0 unspecified atom stereocenters. The number of hydrogen-bond donors (Lipinski definition) is 17. The standard InChI is InChI=1S/C34H58N2O26/c1-8(41)35-15-19(45)27(12(5-39)55-30(15)53)60-31-16(36-9(2)42)20(46)28(13(6-40)58-31)61-34-26(52)23(49)29(62-33-25(51)22(48)18(44)11(4-38)57-33)14(59-34)7-54-32-24(50)21(47)17(43)10(3-37)56-32/h10-34,37-40,43-53H,3-7H2,1-2H3,(H,35,41)(H,36,42)/t10-,11-,12-,13-,14-,15-,16-,17-,18-,19-,20-,21+,22+,23-,24+,25+,26+,27-,28-,29-,30-,31-,32+,33+,34-/m1/s1. The zero-order valence-electron chi connectivity index (χ0n) is 33.2. The number of hydrogen-bond acceptors (Lipinski definition) is 26. The van der Waals surface area contributed by atoms with E-state index in [9.17, 15) is 86.2 Å². The van der Waals surface area contributed by atoms with Crippen LogP contribution in [-0.2, 0) is 52.2 Å². The molecule has 17 N–H and O–H groups in total. The van der Waals surface area contributed by atoms with Gasteiger partial charge in [-0.1, -0.05) is 0 Å². The van der Waals surface area contributed by atoms with Crippen molar-refractivity contribution in [2.24, 2.45) is 0 Å². The molecule has 2 amide bonds. The lowest BCUT2D eigenvalue weighted by Gasteiger charge is -2.50. The third kappa shape index (κ3) is 11.0. The van der Waals surface area contributed by atoms with E-state index in [0.29, 0.717) is 0 Å². The second kappa shape index (κ2) is 22.0. The molecule has 5 saturated heterocycles. The van der Waals surface area contributed by atoms with Crippen LogP contribution in [-0.4, -0.2) is 275 Å². The SMILES string of the molecule is CC(=O)N[C@@H]1[C@@H](O)[C@H](O[C@H]2O[C@H](CO)[C@@H](O[C@H]3O[C@H](CO[C@H]4O[C@H](CO)[C@@H](O)[C@H](O)[C@@H]4O)[C@@H](O[C@@H]4O[C@H](CO)[C@@H](O)[C@H](O)[C@@H]4O)[C@H](O)[C@@H]3O)[C@H](O)[C@H]2NC(C)=O)[C@@H](CO)O[C@H]1O. The first-order valence-corrected chi connectivity index (χ1v) is 19.6. The molecular formula is C34H58N2O26. The quantitative estimate of drug-likeness (QED) is 0.0725. The van der Waals surface area contributed by atoms with E-state index in [-0.39, 0.29) is 0 Å². The van der Waals surface area contributed by atoms with Gasteiger partial charge in [0, 0.05) is 13.8 Å². The summed E-state index contributed by atoms with van der Waals surface area (Å²) in [4.78, 5) is 24.2. The van der Waals surface area contributed by atoms with Crippen LogP contribution in [0.3, 0.4) is 0 Å². The normalized spacial score (nSPS) is 49.0. The van der Waals surface area contributed by atoms with E-state index in [1.54, 1.807) is 0 Å². The van der Waals surface area contributed by atoms with Crippen molar-refractivity contribution >= 4 is 11.8 Å². The highest BCUT2D eigenvalue weighted by Crippen LogP contribution is 2.35. The predicted octanol–water partition coefficient (Wildman–Crippen LogP) is -11.6. The van der Waals surface area contributed by atoms with Crippen molar-refractivity contribution < 1.29 is 129 Å². The molecule has 5 aliphatic heterocycles. The Hall–Kier alpha value is -2.02. The van der Waals surface area contributed by atoms with Crippen LogP contribution in [0.5, 0.6) is 0 Å². The Morgan fingerprint density at radius 2 is 0.790 bits per heavy atom. The van der Waals surface area contributed by atoms with Crippen molar-refractivity contribution in [2.45, 2.75) is 167 Å². The van der Waals surface area contributed by atoms with Gasteiger partial charge >= 0.3 is 0 Å². The summed E-state index contributed by atoms with van der Waals surface area (Å²) >= 11 is 0. The molecule has 62 heavy (non-hydrogen) atoms. The summed E-state index contributed by atoms with van der Waals surface area (Å²) in [6, 6.07) is -3.17. The van der Waals surface area contributed by atoms with Crippen LogP contribution >= 0.6 is 0 Å². The van der Waals surface area contributed by atoms with Gasteiger partial charge < -0.3 is 130 Å². The summed E-state index contributed by atoms with van der Waals surface area (Å²) in [7, 11) is 0. The van der Waals surface area contributed by atoms with Crippen LogP contribution < -0.4 is 10.6 Å². The molecule has 0 bridgehead atoms. The number of rotatable bonds is 15. The molecule has 0 aromatic carbocycles. The van der Waals surface area contributed by atoms with Gasteiger partial charge in [0.25, 0.3) is 0 Å². The number of amides is 2. The molecule has 0 saturated carbocycles. The number of aliphatic hydroxyl groups excluding tert-OH is 15. The van der Waals surface area contributed by atoms with E-state index in [4.69, 9.17) is 42.6 Å². The van der Waals surface area contributed by atoms with Gasteiger partial charge in [0.2, 0.25) is 11.8 Å². The summed E-state index contributed by atoms with van der Waals surface area (Å²) in [5.74, 6) is -1.48. The molecule has 0 aromatic rings. The Kier molecular flexibility index (Phi) is 18.1. The molecule has 5 rings (SSSR count). The summed E-state index contributed by atoms with van der Waals surface area (Å²) in [5.41, 5.74) is 0. The Morgan fingerprint density at radius 1 is 0.419 bits per heavy atom. The maximum absolute atomic E-state index is 12.4. The number of carbonyl (C=O) groups is 2. The largest absolute Gasteiger partial charge is 0.394 e. The molecule has 0 aromatic heterocycles. The van der Waals surface area contributed by atoms with Gasteiger partial charge in [-0.3, -0.25) is 9.59 Å². The maximum atomic E-state index is 12.4. The Morgan fingerprint density at radius 3 is 1.29 bits per heavy atom. The van der Waals surface area contributed by atoms with Gasteiger partial charge in [0.15, 0.2) is 31.5 Å². The average Bonchev–Trinajstić information content (AvgIpc) is 3.23. The number of nitrogens with one attached hydrogen (secondary N) is 2. The Bertz CT molecular complexity index is 1440. The molecule has 5 fully saturated rings. The first-order valence-electron chi connectivity index (χ1n) is 19.6. The van der Waals surface area contributed by atoms with E-state index < -0.39 is 198 Å². The van der Waals surface area contributed by atoms with Crippen LogP contribution in [0, 0.1) is 0 Å². The van der Waals surface area contributed by atoms with E-state index in [0.717, 1.165) is 13.8 Å². The van der Waals surface area contributed by atoms with Gasteiger partial charge in [0.05, 0.1) is 33.0 Å². The smallest absolute Gasteiger partial charge is 0.217 e. The van der Waals surface area contributed by atoms with Crippen molar-refractivity contribution in [3.63, 3.8) is 0 Å². The van der Waals surface area contributed by atoms with Crippen molar-refractivity contribution in [2.75, 3.05) is 33.0 Å². The van der Waals surface area contributed by atoms with E-state index in [1.807, 2.05) is 0 Å². The predicted molar refractivity (Wildman–Crippen MR) is 190 cm³/mol. The molecule has 360 valence electrons. The molecule has 28 nitrogen and oxygen atoms in total. The lowest BCUT2D eigenvalue weighted by molar-refractivity contribution is -0.383. The minimum Gasteiger partial charge on any atom is -0.394 e. The topological polar surface area (TPSA) is 445 Å². The van der Waals surface area contributed by atoms with E-state index in [1.165, 1.54) is 0 Å². The van der Waals surface area contributed by atoms with Crippen LogP contribution in [0.1, 0.15) is 13.8 Å². The van der Waals surface area contributed by atoms with Crippen molar-refractivity contribution in [1.82, 2.24) is 10.6 Å². The first kappa shape index (κ1) is 51.0. The zero-order valence-corrected chi connectivity index (χ0v) is 33.2. The van der Waals surface area contributed by atoms with Gasteiger partial charge in [-0.05, 0) is 0 Å². The molecule has 0 aliphatic carbocycles. The third-order valence-corrected chi connectivity index (χ3v) is 11.1. The summed E-state index contributed by atoms with van der Waals surface area (Å²) in [5, 5.41) is 163. The first-order chi connectivity index (χ1) is 29.3. The van der Waals surface area contributed by atoms with Gasteiger partial charge in [-0.15, -0.1) is 0 Å². The number of carbonyl (C=O) groups excluding carboxylic acids is 2. The third-order valence-electron chi connectivity index (χ3n) is 11.1. The highest BCUT2D eigenvalue weighted by atomic mass is 16.8. The highest BCUT2D eigenvalue weighted by Gasteiger charge is 2.56. The van der Waals surface area contributed by atoms with Crippen LogP contribution in [0.2, 0.25) is 0 Å². The number of ether oxygens (including phenoxy) is 9. The van der Waals surface area contributed by atoms with Crippen LogP contribution in [0.15, 0.2) is 0 Å². The molecule has 28 heteroatoms. The lowest BCUT2D eigenvalue weighted by atomic mass is 9.94. The maximum Gasteiger partial charge on any atom is 0.217 e. The number of aliphatic hydroxyl groups is 15. The second-order valence-corrected chi connectivity index (χ2v) is 15.5. The second-order valence-electron chi connectivity index (χ2n) is 15.5. The molecule has 0 radical (unpaired) electrons. The fraction of sp³-hybridized carbons (Fsp3) is 0.941. The van der Waals surface area contributed by atoms with Crippen molar-refractivity contribution in [3.05, 3.63) is 0 Å². The monoisotopic (exact) mass is 910 g/mol. The minimum atomic E-state index is -2.19. The van der Waals surface area contributed by atoms with Crippen LogP contribution in [0.25, 0.3) is 0 Å². The molecule has 5 heterocycles. The molecule has 0 spiro atoms. The zero-order chi connectivity index (χ0) is 45.9.